The third-order valence-electron chi connectivity index (χ3n) is 6.21. The van der Waals surface area contributed by atoms with Gasteiger partial charge in [0.2, 0.25) is 0 Å². The predicted molar refractivity (Wildman–Crippen MR) is 172 cm³/mol. The van der Waals surface area contributed by atoms with Crippen molar-refractivity contribution in [1.29, 1.82) is 0 Å². The summed E-state index contributed by atoms with van der Waals surface area (Å²) in [5.74, 6) is 0. The van der Waals surface area contributed by atoms with E-state index < -0.39 is 22.8 Å². The zero-order valence-electron chi connectivity index (χ0n) is 28.4. The van der Waals surface area contributed by atoms with E-state index in [4.69, 9.17) is 13.6 Å². The Kier molecular flexibility index (Phi) is 42.4. The molecule has 0 aromatic rings. The molecule has 13 heteroatoms. The second-order valence-electron chi connectivity index (χ2n) is 10.7. The minimum atomic E-state index is -3.51. The van der Waals surface area contributed by atoms with Crippen LogP contribution in [-0.4, -0.2) is 38.3 Å². The van der Waals surface area contributed by atoms with Crippen LogP contribution in [0.15, 0.2) is 0 Å². The molecular formula is C30H66CrO9P3. The Hall–Kier alpha value is 0.982. The van der Waals surface area contributed by atoms with Crippen LogP contribution in [0.5, 0.6) is 0 Å². The number of rotatable bonds is 27. The van der Waals surface area contributed by atoms with Crippen LogP contribution >= 0.6 is 22.8 Å². The smallest absolute Gasteiger partial charge is 0.778 e. The number of hydrogen-bond acceptors (Lipinski definition) is 9. The van der Waals surface area contributed by atoms with Gasteiger partial charge in [-0.15, -0.1) is 0 Å². The van der Waals surface area contributed by atoms with E-state index >= 15 is 0 Å². The van der Waals surface area contributed by atoms with Crippen molar-refractivity contribution in [2.75, 3.05) is 38.3 Å². The molecule has 0 aliphatic heterocycles. The largest absolute Gasteiger partial charge is 3.00 e. The second kappa shape index (κ2) is 35.8. The molecule has 0 aromatic carbocycles. The van der Waals surface area contributed by atoms with E-state index in [0.29, 0.717) is 19.8 Å². The molecule has 0 aliphatic carbocycles. The van der Waals surface area contributed by atoms with Crippen LogP contribution in [0.25, 0.3) is 0 Å². The summed E-state index contributed by atoms with van der Waals surface area (Å²) in [5, 5.41) is 0. The predicted octanol–water partition coefficient (Wildman–Crippen LogP) is 8.81. The van der Waals surface area contributed by atoms with Gasteiger partial charge in [0.05, 0.1) is 19.8 Å². The summed E-state index contributed by atoms with van der Waals surface area (Å²) >= 11 is 0. The van der Waals surface area contributed by atoms with Gasteiger partial charge in [-0.25, -0.2) is 0 Å². The molecule has 0 spiro atoms. The average Bonchev–Trinajstić information content (AvgIpc) is 2.93. The van der Waals surface area contributed by atoms with E-state index in [0.717, 1.165) is 116 Å². The maximum atomic E-state index is 11.3. The van der Waals surface area contributed by atoms with Crippen LogP contribution in [0, 0.1) is 0 Å². The molecule has 0 bridgehead atoms. The van der Waals surface area contributed by atoms with Crippen molar-refractivity contribution in [2.24, 2.45) is 0 Å². The first kappa shape index (κ1) is 50.8. The van der Waals surface area contributed by atoms with Crippen molar-refractivity contribution >= 4 is 22.8 Å². The molecule has 0 N–H and O–H groups in total. The van der Waals surface area contributed by atoms with E-state index in [2.05, 4.69) is 41.5 Å². The van der Waals surface area contributed by atoms with E-state index in [1.807, 2.05) is 0 Å². The van der Waals surface area contributed by atoms with Crippen molar-refractivity contribution < 1.29 is 59.3 Å². The van der Waals surface area contributed by atoms with Gasteiger partial charge < -0.3 is 41.9 Å². The number of hydrogen-bond donors (Lipinski definition) is 0. The Balaban J connectivity index is -0.000000262. The van der Waals surface area contributed by atoms with E-state index in [-0.39, 0.29) is 35.8 Å². The molecule has 1 radical (unpaired) electrons. The average molecular weight is 716 g/mol. The van der Waals surface area contributed by atoms with Crippen LogP contribution in [0.4, 0.5) is 0 Å². The molecule has 0 aliphatic rings. The monoisotopic (exact) mass is 715 g/mol. The quantitative estimate of drug-likeness (QED) is 0.0601. The minimum absolute atomic E-state index is 0. The molecule has 43 heavy (non-hydrogen) atoms. The summed E-state index contributed by atoms with van der Waals surface area (Å²) in [7, 11) is -10.5. The topological polar surface area (TPSA) is 148 Å². The van der Waals surface area contributed by atoms with Crippen LogP contribution < -0.4 is 14.7 Å². The van der Waals surface area contributed by atoms with Gasteiger partial charge in [-0.05, 0) is 38.5 Å². The van der Waals surface area contributed by atoms with Crippen molar-refractivity contribution in [3.05, 3.63) is 0 Å². The first-order chi connectivity index (χ1) is 19.9. The fraction of sp³-hybridized carbons (Fsp3) is 1.00. The van der Waals surface area contributed by atoms with Gasteiger partial charge >= 0.3 is 17.4 Å². The van der Waals surface area contributed by atoms with Crippen LogP contribution in [0.2, 0.25) is 0 Å². The standard InChI is InChI=1S/3C10H23O3P.Cr/c3*1-3-5-7-9-13-14(11,12)10-8-6-4-2;/h3*3-10H2,1-2H3,(H,11,12);/q;;;+3/p-3. The normalized spacial score (nSPS) is 15.0. The van der Waals surface area contributed by atoms with Gasteiger partial charge in [-0.1, -0.05) is 119 Å². The molecule has 261 valence electrons. The van der Waals surface area contributed by atoms with Gasteiger partial charge in [0, 0.05) is 18.5 Å². The van der Waals surface area contributed by atoms with Crippen molar-refractivity contribution in [1.82, 2.24) is 0 Å². The first-order valence-corrected chi connectivity index (χ1v) is 21.9. The van der Waals surface area contributed by atoms with Crippen molar-refractivity contribution in [3.63, 3.8) is 0 Å². The van der Waals surface area contributed by atoms with Gasteiger partial charge in [-0.3, -0.25) is 0 Å². The fourth-order valence-electron chi connectivity index (χ4n) is 3.53. The zero-order valence-corrected chi connectivity index (χ0v) is 32.4. The van der Waals surface area contributed by atoms with Gasteiger partial charge in [0.25, 0.3) is 0 Å². The molecule has 0 aromatic heterocycles. The molecule has 0 rings (SSSR count). The molecule has 0 heterocycles. The second-order valence-corrected chi connectivity index (χ2v) is 16.5. The molecule has 0 fully saturated rings. The van der Waals surface area contributed by atoms with Crippen LogP contribution in [-0.2, 0) is 44.6 Å². The van der Waals surface area contributed by atoms with Crippen LogP contribution in [0.3, 0.4) is 0 Å². The Morgan fingerprint density at radius 1 is 0.372 bits per heavy atom. The first-order valence-electron chi connectivity index (χ1n) is 16.7. The molecule has 0 amide bonds. The summed E-state index contributed by atoms with van der Waals surface area (Å²) in [5.41, 5.74) is 0. The molecule has 0 saturated heterocycles. The molecule has 3 unspecified atom stereocenters. The molecule has 3 atom stereocenters. The Bertz CT molecular complexity index is 609. The summed E-state index contributed by atoms with van der Waals surface area (Å²) in [4.78, 5) is 33.8. The van der Waals surface area contributed by atoms with Crippen LogP contribution in [0.1, 0.15) is 157 Å². The van der Waals surface area contributed by atoms with Gasteiger partial charge in [0.1, 0.15) is 22.8 Å². The third-order valence-corrected chi connectivity index (χ3v) is 10.5. The third kappa shape index (κ3) is 45.2. The summed E-state index contributed by atoms with van der Waals surface area (Å²) in [6.45, 7) is 13.5. The molecule has 9 nitrogen and oxygen atoms in total. The zero-order chi connectivity index (χ0) is 32.6. The summed E-state index contributed by atoms with van der Waals surface area (Å²) in [6, 6.07) is 0. The van der Waals surface area contributed by atoms with Crippen molar-refractivity contribution in [3.8, 4) is 0 Å². The van der Waals surface area contributed by atoms with E-state index in [1.165, 1.54) is 0 Å². The SMILES string of the molecule is CCCCCOP(=O)([O-])CCCCC.CCCCCOP(=O)([O-])CCCCC.CCCCCOP(=O)([O-])CCCCC.[Cr+3]. The summed E-state index contributed by atoms with van der Waals surface area (Å²) < 4.78 is 48.5. The fourth-order valence-corrected chi connectivity index (χ4v) is 6.97. The maximum Gasteiger partial charge on any atom is 3.00 e. The Morgan fingerprint density at radius 2 is 0.558 bits per heavy atom. The molecular weight excluding hydrogens is 649 g/mol. The van der Waals surface area contributed by atoms with Gasteiger partial charge in [0.15, 0.2) is 0 Å². The van der Waals surface area contributed by atoms with Gasteiger partial charge in [-0.2, -0.15) is 0 Å². The van der Waals surface area contributed by atoms with E-state index in [1.54, 1.807) is 0 Å². The Labute approximate surface area is 276 Å². The maximum absolute atomic E-state index is 11.3. The minimum Gasteiger partial charge on any atom is -0.778 e. The van der Waals surface area contributed by atoms with E-state index in [9.17, 15) is 28.4 Å². The number of unbranched alkanes of at least 4 members (excludes halogenated alkanes) is 12. The Morgan fingerprint density at radius 3 is 0.744 bits per heavy atom. The van der Waals surface area contributed by atoms with Crippen molar-refractivity contribution in [2.45, 2.75) is 157 Å². The summed E-state index contributed by atoms with van der Waals surface area (Å²) in [6.07, 6.45) is 17.7. The molecule has 0 saturated carbocycles.